The largest absolute Gasteiger partial charge is 0.325 e. The lowest BCUT2D eigenvalue weighted by molar-refractivity contribution is -0.118. The molecule has 1 aromatic carbocycles. The maximum atomic E-state index is 12.2. The Bertz CT molecular complexity index is 519. The van der Waals surface area contributed by atoms with Gasteiger partial charge in [0.05, 0.1) is 18.2 Å². The Balaban J connectivity index is 1.92. The Morgan fingerprint density at radius 1 is 1.48 bits per heavy atom. The van der Waals surface area contributed by atoms with Crippen LogP contribution in [0.2, 0.25) is 0 Å². The maximum absolute atomic E-state index is 12.2. The van der Waals surface area contributed by atoms with Gasteiger partial charge in [-0.15, -0.1) is 0 Å². The predicted octanol–water partition coefficient (Wildman–Crippen LogP) is 3.15. The van der Waals surface area contributed by atoms with Crippen LogP contribution in [0.25, 0.3) is 0 Å². The van der Waals surface area contributed by atoms with E-state index in [4.69, 9.17) is 5.26 Å². The molecule has 1 atom stereocenters. The SMILES string of the molecule is CCCC1CCCCN1CC(=O)Nc1cccc(C#N)c1. The van der Waals surface area contributed by atoms with Crippen LogP contribution in [0.5, 0.6) is 0 Å². The first-order valence-electron chi connectivity index (χ1n) is 7.77. The number of anilines is 1. The highest BCUT2D eigenvalue weighted by Gasteiger charge is 2.23. The maximum Gasteiger partial charge on any atom is 0.238 e. The highest BCUT2D eigenvalue weighted by atomic mass is 16.2. The van der Waals surface area contributed by atoms with Gasteiger partial charge in [0.2, 0.25) is 5.91 Å². The van der Waals surface area contributed by atoms with Crippen LogP contribution in [0.15, 0.2) is 24.3 Å². The van der Waals surface area contributed by atoms with Crippen LogP contribution in [-0.2, 0) is 4.79 Å². The summed E-state index contributed by atoms with van der Waals surface area (Å²) in [5.41, 5.74) is 1.26. The lowest BCUT2D eigenvalue weighted by atomic mass is 9.98. The fourth-order valence-corrected chi connectivity index (χ4v) is 2.98. The number of rotatable bonds is 5. The van der Waals surface area contributed by atoms with Crippen LogP contribution < -0.4 is 5.32 Å². The third-order valence-electron chi connectivity index (χ3n) is 3.99. The molecule has 1 aliphatic heterocycles. The van der Waals surface area contributed by atoms with Crippen molar-refractivity contribution >= 4 is 11.6 Å². The normalized spacial score (nSPS) is 19.0. The molecule has 112 valence electrons. The third kappa shape index (κ3) is 4.57. The minimum atomic E-state index is 0.00749. The van der Waals surface area contributed by atoms with Crippen LogP contribution >= 0.6 is 0 Å². The van der Waals surface area contributed by atoms with Gasteiger partial charge in [0.25, 0.3) is 0 Å². The number of carbonyl (C=O) groups excluding carboxylic acids is 1. The van der Waals surface area contributed by atoms with E-state index in [9.17, 15) is 4.79 Å². The van der Waals surface area contributed by atoms with Crippen LogP contribution in [0.1, 0.15) is 44.6 Å². The third-order valence-corrected chi connectivity index (χ3v) is 3.99. The fourth-order valence-electron chi connectivity index (χ4n) is 2.98. The Kier molecular flexibility index (Phi) is 5.77. The average molecular weight is 285 g/mol. The molecule has 0 aromatic heterocycles. The molecule has 1 aromatic rings. The van der Waals surface area contributed by atoms with E-state index in [0.29, 0.717) is 23.8 Å². The highest BCUT2D eigenvalue weighted by Crippen LogP contribution is 2.20. The quantitative estimate of drug-likeness (QED) is 0.904. The van der Waals surface area contributed by atoms with Crippen molar-refractivity contribution < 1.29 is 4.79 Å². The van der Waals surface area contributed by atoms with Crippen molar-refractivity contribution in [3.05, 3.63) is 29.8 Å². The minimum absolute atomic E-state index is 0.00749. The lowest BCUT2D eigenvalue weighted by Gasteiger charge is -2.35. The monoisotopic (exact) mass is 285 g/mol. The van der Waals surface area contributed by atoms with Gasteiger partial charge < -0.3 is 5.32 Å². The molecule has 4 heteroatoms. The Morgan fingerprint density at radius 3 is 3.10 bits per heavy atom. The van der Waals surface area contributed by atoms with Crippen molar-refractivity contribution in [2.24, 2.45) is 0 Å². The molecular weight excluding hydrogens is 262 g/mol. The summed E-state index contributed by atoms with van der Waals surface area (Å²) in [5.74, 6) is 0.00749. The number of likely N-dealkylation sites (tertiary alicyclic amines) is 1. The zero-order chi connectivity index (χ0) is 15.1. The van der Waals surface area contributed by atoms with E-state index in [0.717, 1.165) is 19.4 Å². The van der Waals surface area contributed by atoms with E-state index in [1.54, 1.807) is 18.2 Å². The van der Waals surface area contributed by atoms with Gasteiger partial charge in [-0.1, -0.05) is 25.8 Å². The molecule has 0 spiro atoms. The summed E-state index contributed by atoms with van der Waals surface area (Å²) in [5, 5.41) is 11.8. The van der Waals surface area contributed by atoms with Gasteiger partial charge in [-0.2, -0.15) is 5.26 Å². The molecule has 1 N–H and O–H groups in total. The number of nitriles is 1. The van der Waals surface area contributed by atoms with Crippen molar-refractivity contribution in [2.45, 2.75) is 45.1 Å². The Morgan fingerprint density at radius 2 is 2.33 bits per heavy atom. The van der Waals surface area contributed by atoms with E-state index in [1.807, 2.05) is 6.07 Å². The van der Waals surface area contributed by atoms with Crippen LogP contribution in [-0.4, -0.2) is 29.9 Å². The van der Waals surface area contributed by atoms with Crippen molar-refractivity contribution in [1.29, 1.82) is 5.26 Å². The molecule has 0 bridgehead atoms. The summed E-state index contributed by atoms with van der Waals surface area (Å²) in [7, 11) is 0. The summed E-state index contributed by atoms with van der Waals surface area (Å²) >= 11 is 0. The number of nitrogens with one attached hydrogen (secondary N) is 1. The van der Waals surface area contributed by atoms with E-state index in [-0.39, 0.29) is 5.91 Å². The first kappa shape index (κ1) is 15.5. The molecule has 21 heavy (non-hydrogen) atoms. The van der Waals surface area contributed by atoms with Gasteiger partial charge in [-0.25, -0.2) is 0 Å². The average Bonchev–Trinajstić information content (AvgIpc) is 2.49. The van der Waals surface area contributed by atoms with Gasteiger partial charge in [0.15, 0.2) is 0 Å². The summed E-state index contributed by atoms with van der Waals surface area (Å²) < 4.78 is 0. The molecule has 1 fully saturated rings. The summed E-state index contributed by atoms with van der Waals surface area (Å²) in [6.45, 7) is 3.65. The number of benzene rings is 1. The zero-order valence-electron chi connectivity index (χ0n) is 12.6. The summed E-state index contributed by atoms with van der Waals surface area (Å²) in [6.07, 6.45) is 5.97. The van der Waals surface area contributed by atoms with Gasteiger partial charge in [0, 0.05) is 11.7 Å². The summed E-state index contributed by atoms with van der Waals surface area (Å²) in [4.78, 5) is 14.5. The predicted molar refractivity (Wildman–Crippen MR) is 83.9 cm³/mol. The van der Waals surface area contributed by atoms with E-state index in [1.165, 1.54) is 19.3 Å². The smallest absolute Gasteiger partial charge is 0.238 e. The van der Waals surface area contributed by atoms with Gasteiger partial charge in [0.1, 0.15) is 0 Å². The molecule has 1 unspecified atom stereocenters. The van der Waals surface area contributed by atoms with Crippen molar-refractivity contribution in [3.8, 4) is 6.07 Å². The second kappa shape index (κ2) is 7.80. The fraction of sp³-hybridized carbons (Fsp3) is 0.529. The molecule has 2 rings (SSSR count). The standard InChI is InChI=1S/C17H23N3O/c1-2-6-16-9-3-4-10-20(16)13-17(21)19-15-8-5-7-14(11-15)12-18/h5,7-8,11,16H,2-4,6,9-10,13H2,1H3,(H,19,21). The summed E-state index contributed by atoms with van der Waals surface area (Å²) in [6, 6.07) is 9.67. The molecule has 4 nitrogen and oxygen atoms in total. The Hall–Kier alpha value is -1.86. The minimum Gasteiger partial charge on any atom is -0.325 e. The molecule has 0 aliphatic carbocycles. The molecule has 0 radical (unpaired) electrons. The number of hydrogen-bond acceptors (Lipinski definition) is 3. The zero-order valence-corrected chi connectivity index (χ0v) is 12.6. The second-order valence-corrected chi connectivity index (χ2v) is 5.65. The van der Waals surface area contributed by atoms with E-state index in [2.05, 4.69) is 23.2 Å². The number of carbonyl (C=O) groups is 1. The van der Waals surface area contributed by atoms with Crippen molar-refractivity contribution in [3.63, 3.8) is 0 Å². The lowest BCUT2D eigenvalue weighted by Crippen LogP contribution is -2.43. The topological polar surface area (TPSA) is 56.1 Å². The van der Waals surface area contributed by atoms with E-state index < -0.39 is 0 Å². The van der Waals surface area contributed by atoms with Gasteiger partial charge >= 0.3 is 0 Å². The van der Waals surface area contributed by atoms with Crippen molar-refractivity contribution in [2.75, 3.05) is 18.4 Å². The number of amides is 1. The van der Waals surface area contributed by atoms with Gasteiger partial charge in [-0.3, -0.25) is 9.69 Å². The van der Waals surface area contributed by atoms with Gasteiger partial charge in [-0.05, 0) is 44.0 Å². The second-order valence-electron chi connectivity index (χ2n) is 5.65. The van der Waals surface area contributed by atoms with E-state index >= 15 is 0 Å². The number of hydrogen-bond donors (Lipinski definition) is 1. The molecular formula is C17H23N3O. The molecule has 1 amide bonds. The molecule has 1 saturated heterocycles. The van der Waals surface area contributed by atoms with Crippen LogP contribution in [0.4, 0.5) is 5.69 Å². The molecule has 0 saturated carbocycles. The number of nitrogens with zero attached hydrogens (tertiary/aromatic N) is 2. The number of piperidine rings is 1. The molecule has 1 aliphatic rings. The first-order chi connectivity index (χ1) is 10.2. The Labute approximate surface area is 126 Å². The first-order valence-corrected chi connectivity index (χ1v) is 7.77. The molecule has 1 heterocycles. The van der Waals surface area contributed by atoms with Crippen LogP contribution in [0, 0.1) is 11.3 Å². The van der Waals surface area contributed by atoms with Crippen molar-refractivity contribution in [1.82, 2.24) is 4.90 Å². The highest BCUT2D eigenvalue weighted by molar-refractivity contribution is 5.92. The van der Waals surface area contributed by atoms with Crippen LogP contribution in [0.3, 0.4) is 0 Å².